The van der Waals surface area contributed by atoms with E-state index in [-0.39, 0.29) is 12.4 Å². The number of rotatable bonds is 8. The molecule has 0 fully saturated rings. The van der Waals surface area contributed by atoms with Crippen molar-refractivity contribution < 1.29 is 33.6 Å². The van der Waals surface area contributed by atoms with Gasteiger partial charge in [0.05, 0.1) is 0 Å². The highest BCUT2D eigenvalue weighted by Gasteiger charge is 2.03. The second-order valence-corrected chi connectivity index (χ2v) is 6.22. The molecule has 2 heteroatoms. The van der Waals surface area contributed by atoms with Crippen LogP contribution in [0.4, 0.5) is 0 Å². The minimum atomic E-state index is 0. The third kappa shape index (κ3) is 13.6. The molecule has 0 radical (unpaired) electrons. The van der Waals surface area contributed by atoms with Crippen LogP contribution in [-0.4, -0.2) is 8.86 Å². The number of hydrogen-bond donors (Lipinski definition) is 0. The molecule has 0 rings (SSSR count). The average Bonchev–Trinajstić information content (AvgIpc) is 2.03. The van der Waals surface area contributed by atoms with Crippen LogP contribution < -0.4 is 33.6 Å². The normalized spacial score (nSPS) is 9.50. The molecule has 12 heavy (non-hydrogen) atoms. The Bertz CT molecular complexity index is 58.9. The molecule has 0 saturated carbocycles. The first-order valence-electron chi connectivity index (χ1n) is 4.95. The zero-order chi connectivity index (χ0) is 8.36. The second-order valence-electron chi connectivity index (χ2n) is 2.98. The molecule has 0 aromatic rings. The van der Waals surface area contributed by atoms with E-state index in [1.54, 1.807) is 8.86 Å². The Balaban J connectivity index is 0. The van der Waals surface area contributed by atoms with E-state index in [2.05, 4.69) is 13.8 Å². The third-order valence-electron chi connectivity index (χ3n) is 1.74. The van der Waals surface area contributed by atoms with E-state index in [0.717, 1.165) is 0 Å². The first kappa shape index (κ1) is 15.5. The highest BCUT2D eigenvalue weighted by atomic mass is 127. The summed E-state index contributed by atoms with van der Waals surface area (Å²) in [5.41, 5.74) is 0. The van der Waals surface area contributed by atoms with Gasteiger partial charge >= 0.3 is 0 Å². The molecule has 0 aliphatic heterocycles. The molecular weight excluding hydrogens is 282 g/mol. The van der Waals surface area contributed by atoms with Crippen molar-refractivity contribution in [2.24, 2.45) is 0 Å². The van der Waals surface area contributed by atoms with Gasteiger partial charge in [-0.3, -0.25) is 0 Å². The van der Waals surface area contributed by atoms with E-state index >= 15 is 0 Å². The fraction of sp³-hybridized carbons (Fsp3) is 1.00. The molecular formula is C10H22ClI. The monoisotopic (exact) mass is 304 g/mol. The molecule has 0 amide bonds. The van der Waals surface area contributed by atoms with Gasteiger partial charge in [-0.25, -0.2) is 0 Å². The lowest BCUT2D eigenvalue weighted by Crippen LogP contribution is -3.63. The Morgan fingerprint density at radius 1 is 0.750 bits per heavy atom. The molecule has 0 aliphatic rings. The fourth-order valence-electron chi connectivity index (χ4n) is 0.972. The van der Waals surface area contributed by atoms with E-state index in [9.17, 15) is 0 Å². The van der Waals surface area contributed by atoms with E-state index in [0.29, 0.717) is 21.2 Å². The highest BCUT2D eigenvalue weighted by molar-refractivity contribution is 4.34. The lowest BCUT2D eigenvalue weighted by molar-refractivity contribution is -0.655. The molecule has 0 aromatic heterocycles. The Kier molecular flexibility index (Phi) is 18.8. The van der Waals surface area contributed by atoms with Crippen LogP contribution in [0.25, 0.3) is 0 Å². The fourth-order valence-corrected chi connectivity index (χ4v) is 3.67. The second kappa shape index (κ2) is 14.5. The number of unbranched alkanes of at least 4 members (excludes halogenated alkanes) is 4. The SMILES string of the molecule is CCCCC[I+]CCCCC.[Cl-]. The van der Waals surface area contributed by atoms with Crippen molar-refractivity contribution in [3.05, 3.63) is 0 Å². The first-order chi connectivity index (χ1) is 5.41. The predicted molar refractivity (Wildman–Crippen MR) is 48.8 cm³/mol. The van der Waals surface area contributed by atoms with Gasteiger partial charge in [0.1, 0.15) is 8.86 Å². The van der Waals surface area contributed by atoms with Gasteiger partial charge in [-0.05, 0) is 25.7 Å². The van der Waals surface area contributed by atoms with Crippen molar-refractivity contribution >= 4 is 0 Å². The van der Waals surface area contributed by atoms with Crippen molar-refractivity contribution in [2.75, 3.05) is 8.86 Å². The van der Waals surface area contributed by atoms with Gasteiger partial charge in [-0.1, -0.05) is 26.7 Å². The van der Waals surface area contributed by atoms with Gasteiger partial charge in [0.2, 0.25) is 0 Å². The summed E-state index contributed by atoms with van der Waals surface area (Å²) in [5, 5.41) is 0. The maximum absolute atomic E-state index is 2.29. The third-order valence-corrected chi connectivity index (χ3v) is 4.79. The topological polar surface area (TPSA) is 0 Å². The zero-order valence-corrected chi connectivity index (χ0v) is 11.3. The quantitative estimate of drug-likeness (QED) is 0.263. The van der Waals surface area contributed by atoms with E-state index in [1.165, 1.54) is 38.5 Å². The Morgan fingerprint density at radius 2 is 1.17 bits per heavy atom. The van der Waals surface area contributed by atoms with Gasteiger partial charge in [-0.2, -0.15) is 0 Å². The van der Waals surface area contributed by atoms with Crippen LogP contribution in [0.2, 0.25) is 0 Å². The summed E-state index contributed by atoms with van der Waals surface area (Å²) in [6.07, 6.45) is 8.73. The average molecular weight is 305 g/mol. The van der Waals surface area contributed by atoms with Crippen molar-refractivity contribution in [1.82, 2.24) is 0 Å². The first-order valence-corrected chi connectivity index (χ1v) is 8.00. The standard InChI is InChI=1S/C10H22I.ClH/c1-3-5-7-9-11-10-8-6-4-2;/h3-10H2,1-2H3;1H/q+1;/p-1. The number of hydrogen-bond acceptors (Lipinski definition) is 0. The smallest absolute Gasteiger partial charge is 0.268 e. The molecule has 0 unspecified atom stereocenters. The lowest BCUT2D eigenvalue weighted by atomic mass is 10.3. The summed E-state index contributed by atoms with van der Waals surface area (Å²) < 4.78 is 3.16. The summed E-state index contributed by atoms with van der Waals surface area (Å²) >= 11 is 0.600. The van der Waals surface area contributed by atoms with Crippen LogP contribution in [0, 0.1) is 0 Å². The largest absolute Gasteiger partial charge is 1.00 e. The van der Waals surface area contributed by atoms with Crippen LogP contribution in [-0.2, 0) is 0 Å². The van der Waals surface area contributed by atoms with Gasteiger partial charge in [0.25, 0.3) is 21.2 Å². The minimum Gasteiger partial charge on any atom is -1.00 e. The van der Waals surface area contributed by atoms with Crippen molar-refractivity contribution in [3.63, 3.8) is 0 Å². The van der Waals surface area contributed by atoms with Crippen LogP contribution in [0.3, 0.4) is 0 Å². The van der Waals surface area contributed by atoms with Gasteiger partial charge in [-0.15, -0.1) is 0 Å². The molecule has 0 spiro atoms. The number of alkyl halides is 2. The molecule has 0 aromatic carbocycles. The van der Waals surface area contributed by atoms with Crippen LogP contribution >= 0.6 is 0 Å². The summed E-state index contributed by atoms with van der Waals surface area (Å²) in [4.78, 5) is 0. The van der Waals surface area contributed by atoms with Crippen molar-refractivity contribution in [1.29, 1.82) is 0 Å². The van der Waals surface area contributed by atoms with Crippen molar-refractivity contribution in [2.45, 2.75) is 52.4 Å². The van der Waals surface area contributed by atoms with Gasteiger partial charge in [0, 0.05) is 0 Å². The highest BCUT2D eigenvalue weighted by Crippen LogP contribution is 1.89. The molecule has 0 bridgehead atoms. The Labute approximate surface area is 94.6 Å². The summed E-state index contributed by atoms with van der Waals surface area (Å²) in [5.74, 6) is 0. The maximum atomic E-state index is 2.29. The minimum absolute atomic E-state index is 0. The molecule has 0 heterocycles. The molecule has 0 saturated heterocycles. The van der Waals surface area contributed by atoms with Crippen LogP contribution in [0.5, 0.6) is 0 Å². The van der Waals surface area contributed by atoms with E-state index in [1.807, 2.05) is 0 Å². The van der Waals surface area contributed by atoms with Crippen LogP contribution in [0.1, 0.15) is 52.4 Å². The Morgan fingerprint density at radius 3 is 1.50 bits per heavy atom. The molecule has 0 atom stereocenters. The molecule has 0 nitrogen and oxygen atoms in total. The Hall–Kier alpha value is 1.02. The summed E-state index contributed by atoms with van der Waals surface area (Å²) in [7, 11) is 0. The molecule has 0 N–H and O–H groups in total. The summed E-state index contributed by atoms with van der Waals surface area (Å²) in [6, 6.07) is 0. The van der Waals surface area contributed by atoms with E-state index < -0.39 is 0 Å². The van der Waals surface area contributed by atoms with Crippen LogP contribution in [0.15, 0.2) is 0 Å². The van der Waals surface area contributed by atoms with Gasteiger partial charge in [0.15, 0.2) is 0 Å². The molecule has 0 aliphatic carbocycles. The lowest BCUT2D eigenvalue weighted by Gasteiger charge is -1.88. The summed E-state index contributed by atoms with van der Waals surface area (Å²) in [6.45, 7) is 4.57. The maximum Gasteiger partial charge on any atom is 0.268 e. The zero-order valence-electron chi connectivity index (χ0n) is 8.41. The molecule has 76 valence electrons. The van der Waals surface area contributed by atoms with Gasteiger partial charge < -0.3 is 12.4 Å². The van der Waals surface area contributed by atoms with E-state index in [4.69, 9.17) is 0 Å². The predicted octanol–water partition coefficient (Wildman–Crippen LogP) is -2.54. The number of halogens is 2. The van der Waals surface area contributed by atoms with Crippen molar-refractivity contribution in [3.8, 4) is 0 Å².